The Balaban J connectivity index is 1.58. The summed E-state index contributed by atoms with van der Waals surface area (Å²) in [6.07, 6.45) is 5.42. The summed E-state index contributed by atoms with van der Waals surface area (Å²) in [7, 11) is 0. The average molecular weight is 380 g/mol. The van der Waals surface area contributed by atoms with Crippen molar-refractivity contribution in [3.63, 3.8) is 0 Å². The van der Waals surface area contributed by atoms with Crippen LogP contribution in [0.15, 0.2) is 48.5 Å². The van der Waals surface area contributed by atoms with Gasteiger partial charge in [0.15, 0.2) is 0 Å². The normalized spacial score (nSPS) is 15.1. The van der Waals surface area contributed by atoms with E-state index in [1.54, 1.807) is 24.3 Å². The lowest BCUT2D eigenvalue weighted by molar-refractivity contribution is 0.0211. The van der Waals surface area contributed by atoms with Gasteiger partial charge in [0.05, 0.1) is 5.56 Å². The van der Waals surface area contributed by atoms with Crippen molar-refractivity contribution in [1.82, 2.24) is 0 Å². The fourth-order valence-electron chi connectivity index (χ4n) is 3.42. The quantitative estimate of drug-likeness (QED) is 0.691. The Morgan fingerprint density at radius 3 is 2.00 bits per heavy atom. The van der Waals surface area contributed by atoms with Gasteiger partial charge in [-0.3, -0.25) is 4.79 Å². The minimum atomic E-state index is -0.289. The van der Waals surface area contributed by atoms with Crippen molar-refractivity contribution in [2.24, 2.45) is 0 Å². The number of amides is 1. The van der Waals surface area contributed by atoms with Gasteiger partial charge in [-0.05, 0) is 73.1 Å². The molecule has 148 valence electrons. The number of ether oxygens (including phenoxy) is 1. The first kappa shape index (κ1) is 20.1. The summed E-state index contributed by atoms with van der Waals surface area (Å²) >= 11 is 0. The zero-order valence-corrected chi connectivity index (χ0v) is 17.0. The molecule has 1 amide bonds. The molecule has 3 rings (SSSR count). The number of rotatable bonds is 4. The summed E-state index contributed by atoms with van der Waals surface area (Å²) in [6.45, 7) is 6.43. The fourth-order valence-corrected chi connectivity index (χ4v) is 3.42. The zero-order chi connectivity index (χ0) is 20.1. The molecule has 2 aromatic rings. The molecule has 0 bridgehead atoms. The van der Waals surface area contributed by atoms with Gasteiger partial charge in [0.25, 0.3) is 5.91 Å². The zero-order valence-electron chi connectivity index (χ0n) is 17.0. The van der Waals surface area contributed by atoms with E-state index in [1.165, 1.54) is 12.0 Å². The Bertz CT molecular complexity index is 810. The van der Waals surface area contributed by atoms with Gasteiger partial charge in [-0.2, -0.15) is 0 Å². The molecule has 0 aliphatic heterocycles. The van der Waals surface area contributed by atoms with Crippen LogP contribution in [0.25, 0.3) is 0 Å². The summed E-state index contributed by atoms with van der Waals surface area (Å²) in [5, 5.41) is 2.87. The molecule has 4 heteroatoms. The van der Waals surface area contributed by atoms with Crippen LogP contribution < -0.4 is 5.32 Å². The summed E-state index contributed by atoms with van der Waals surface area (Å²) in [6, 6.07) is 14.5. The van der Waals surface area contributed by atoms with E-state index >= 15 is 0 Å². The Morgan fingerprint density at radius 2 is 1.43 bits per heavy atom. The van der Waals surface area contributed by atoms with Crippen LogP contribution in [0.1, 0.15) is 79.2 Å². The van der Waals surface area contributed by atoms with Gasteiger partial charge in [0.2, 0.25) is 0 Å². The molecule has 1 N–H and O–H groups in total. The molecule has 0 atom stereocenters. The predicted octanol–water partition coefficient (Wildman–Crippen LogP) is 5.73. The largest absolute Gasteiger partial charge is 0.459 e. The third-order valence-electron chi connectivity index (χ3n) is 5.22. The van der Waals surface area contributed by atoms with Gasteiger partial charge in [-0.25, -0.2) is 4.79 Å². The third-order valence-corrected chi connectivity index (χ3v) is 5.22. The molecule has 0 aromatic heterocycles. The molecular formula is C24H29NO3. The molecule has 0 heterocycles. The van der Waals surface area contributed by atoms with Crippen LogP contribution in [0.2, 0.25) is 0 Å². The molecule has 0 unspecified atom stereocenters. The van der Waals surface area contributed by atoms with E-state index in [0.29, 0.717) is 16.8 Å². The second-order valence-electron chi connectivity index (χ2n) is 8.52. The van der Waals surface area contributed by atoms with Crippen LogP contribution in [0.3, 0.4) is 0 Å². The maximum atomic E-state index is 12.5. The van der Waals surface area contributed by atoms with Crippen molar-refractivity contribution in [1.29, 1.82) is 0 Å². The second-order valence-corrected chi connectivity index (χ2v) is 8.52. The van der Waals surface area contributed by atoms with Gasteiger partial charge in [-0.15, -0.1) is 0 Å². The minimum absolute atomic E-state index is 0.0386. The van der Waals surface area contributed by atoms with E-state index in [9.17, 15) is 9.59 Å². The van der Waals surface area contributed by atoms with Gasteiger partial charge >= 0.3 is 5.97 Å². The van der Waals surface area contributed by atoms with Crippen LogP contribution in [0.4, 0.5) is 5.69 Å². The first-order valence-electron chi connectivity index (χ1n) is 10.1. The smallest absolute Gasteiger partial charge is 0.338 e. The lowest BCUT2D eigenvalue weighted by Crippen LogP contribution is -2.21. The molecule has 0 saturated heterocycles. The Kier molecular flexibility index (Phi) is 6.18. The Labute approximate surface area is 167 Å². The van der Waals surface area contributed by atoms with E-state index in [2.05, 4.69) is 26.1 Å². The summed E-state index contributed by atoms with van der Waals surface area (Å²) in [5.74, 6) is -0.458. The maximum Gasteiger partial charge on any atom is 0.338 e. The molecule has 2 aromatic carbocycles. The minimum Gasteiger partial charge on any atom is -0.459 e. The number of hydrogen-bond donors (Lipinski definition) is 1. The number of nitrogens with one attached hydrogen (secondary N) is 1. The number of benzene rings is 2. The predicted molar refractivity (Wildman–Crippen MR) is 112 cm³/mol. The van der Waals surface area contributed by atoms with Gasteiger partial charge in [-0.1, -0.05) is 39.3 Å². The second kappa shape index (κ2) is 8.59. The Hall–Kier alpha value is -2.62. The molecule has 1 aliphatic rings. The topological polar surface area (TPSA) is 55.4 Å². The molecular weight excluding hydrogens is 350 g/mol. The van der Waals surface area contributed by atoms with Crippen molar-refractivity contribution in [3.8, 4) is 0 Å². The van der Waals surface area contributed by atoms with Crippen LogP contribution in [-0.4, -0.2) is 18.0 Å². The molecule has 4 nitrogen and oxygen atoms in total. The lowest BCUT2D eigenvalue weighted by Gasteiger charge is -2.21. The first-order valence-corrected chi connectivity index (χ1v) is 10.1. The van der Waals surface area contributed by atoms with Gasteiger partial charge in [0, 0.05) is 11.3 Å². The van der Waals surface area contributed by atoms with E-state index < -0.39 is 0 Å². The average Bonchev–Trinajstić information content (AvgIpc) is 2.68. The van der Waals surface area contributed by atoms with Crippen LogP contribution in [0, 0.1) is 0 Å². The van der Waals surface area contributed by atoms with Crippen molar-refractivity contribution >= 4 is 17.6 Å². The molecule has 1 saturated carbocycles. The molecule has 1 fully saturated rings. The third kappa shape index (κ3) is 5.22. The van der Waals surface area contributed by atoms with Crippen molar-refractivity contribution in [2.45, 2.75) is 64.4 Å². The van der Waals surface area contributed by atoms with Crippen molar-refractivity contribution < 1.29 is 14.3 Å². The summed E-state index contributed by atoms with van der Waals surface area (Å²) in [5.41, 5.74) is 3.01. The first-order chi connectivity index (χ1) is 13.3. The fraction of sp³-hybridized carbons (Fsp3) is 0.417. The monoisotopic (exact) mass is 379 g/mol. The van der Waals surface area contributed by atoms with Crippen LogP contribution >= 0.6 is 0 Å². The van der Waals surface area contributed by atoms with Gasteiger partial charge < -0.3 is 10.1 Å². The van der Waals surface area contributed by atoms with Crippen LogP contribution in [-0.2, 0) is 10.2 Å². The maximum absolute atomic E-state index is 12.5. The highest BCUT2D eigenvalue weighted by atomic mass is 16.5. The number of hydrogen-bond acceptors (Lipinski definition) is 3. The number of esters is 1. The number of carbonyl (C=O) groups is 2. The molecule has 28 heavy (non-hydrogen) atoms. The SMILES string of the molecule is CC(C)(C)c1ccc(C(=O)Nc2ccc(C(=O)OC3CCCCC3)cc2)cc1. The van der Waals surface area contributed by atoms with Crippen molar-refractivity contribution in [3.05, 3.63) is 65.2 Å². The van der Waals surface area contributed by atoms with E-state index in [-0.39, 0.29) is 23.4 Å². The van der Waals surface area contributed by atoms with E-state index in [4.69, 9.17) is 4.74 Å². The Morgan fingerprint density at radius 1 is 0.857 bits per heavy atom. The highest BCUT2D eigenvalue weighted by Gasteiger charge is 2.19. The van der Waals surface area contributed by atoms with E-state index in [1.807, 2.05) is 24.3 Å². The highest BCUT2D eigenvalue weighted by molar-refractivity contribution is 6.04. The summed E-state index contributed by atoms with van der Waals surface area (Å²) in [4.78, 5) is 24.7. The molecule has 1 aliphatic carbocycles. The molecule has 0 radical (unpaired) electrons. The van der Waals surface area contributed by atoms with Gasteiger partial charge in [0.1, 0.15) is 6.10 Å². The van der Waals surface area contributed by atoms with Crippen molar-refractivity contribution in [2.75, 3.05) is 5.32 Å². The summed E-state index contributed by atoms with van der Waals surface area (Å²) < 4.78 is 5.58. The number of anilines is 1. The molecule has 0 spiro atoms. The lowest BCUT2D eigenvalue weighted by atomic mass is 9.87. The highest BCUT2D eigenvalue weighted by Crippen LogP contribution is 2.23. The standard InChI is InChI=1S/C24H29NO3/c1-24(2,3)19-13-9-17(10-14-19)22(26)25-20-15-11-18(12-16-20)23(27)28-21-7-5-4-6-8-21/h9-16,21H,4-8H2,1-3H3,(H,25,26). The van der Waals surface area contributed by atoms with Crippen LogP contribution in [0.5, 0.6) is 0 Å². The van der Waals surface area contributed by atoms with E-state index in [0.717, 1.165) is 25.7 Å². The number of carbonyl (C=O) groups excluding carboxylic acids is 2.